The normalized spacial score (nSPS) is 28.4. The van der Waals surface area contributed by atoms with Gasteiger partial charge in [0.25, 0.3) is 0 Å². The van der Waals surface area contributed by atoms with Crippen LogP contribution in [-0.4, -0.2) is 73.2 Å². The topological polar surface area (TPSA) is 118 Å². The Morgan fingerprint density at radius 2 is 1.40 bits per heavy atom. The number of rotatable bonds is 19. The van der Waals surface area contributed by atoms with Crippen molar-refractivity contribution in [3.05, 3.63) is 137 Å². The number of fused-ring (bicyclic) bond motifs is 5. The van der Waals surface area contributed by atoms with Crippen molar-refractivity contribution in [1.29, 1.82) is 0 Å². The summed E-state index contributed by atoms with van der Waals surface area (Å²) < 4.78 is 89.2. The van der Waals surface area contributed by atoms with Gasteiger partial charge in [0.05, 0.1) is 20.8 Å². The van der Waals surface area contributed by atoms with Gasteiger partial charge in [-0.1, -0.05) is 120 Å². The first kappa shape index (κ1) is 57.0. The molecule has 0 radical (unpaired) electrons. The van der Waals surface area contributed by atoms with Gasteiger partial charge in [0, 0.05) is 25.3 Å². The fraction of sp³-hybridized carbons (Fsp3) is 0.547. The standard InChI is InChI=1S/C64H77F4NO9/c1-39(2)13-11-14-40(3)50-28-29-51-49-27-22-44-35-48(30-32-62(44,4)52(49)31-33-63(50,51)5)77-61(73)69(55(37-56(70)71)60(72)78-59-57(67)53(65)36-54(66)58(59)68)34-12-17-45(69)38-76-64(41-15-9-8-10-16-41,42-18-23-46(74-6)24-19-42)43-20-25-47(75-7)26-21-43/h8-10,15-16,18-26,36,39-40,45,48-52,55H,11-14,17,27-35,37-38H2,1-7H3/p+1/t40-,45+,48-,49?,50-,51?,52?,55?,62+,63-,69-/m1/s1. The summed E-state index contributed by atoms with van der Waals surface area (Å²) in [6, 6.07) is 20.9. The van der Waals surface area contributed by atoms with Gasteiger partial charge in [-0.3, -0.25) is 4.79 Å². The second-order valence-electron chi connectivity index (χ2n) is 24.1. The molecule has 11 atom stereocenters. The summed E-state index contributed by atoms with van der Waals surface area (Å²) in [5, 5.41) is 10.6. The minimum Gasteiger partial charge on any atom is -0.497 e. The number of esters is 1. The number of ether oxygens (including phenoxy) is 5. The number of carbonyl (C=O) groups is 3. The fourth-order valence-electron chi connectivity index (χ4n) is 15.7. The van der Waals surface area contributed by atoms with Gasteiger partial charge in [0.15, 0.2) is 11.6 Å². The zero-order valence-electron chi connectivity index (χ0n) is 46.3. The van der Waals surface area contributed by atoms with E-state index in [1.54, 1.807) is 38.5 Å². The van der Waals surface area contributed by atoms with Gasteiger partial charge in [0.2, 0.25) is 23.4 Å². The smallest absolute Gasteiger partial charge is 0.497 e. The number of amides is 1. The predicted molar refractivity (Wildman–Crippen MR) is 288 cm³/mol. The van der Waals surface area contributed by atoms with Crippen molar-refractivity contribution in [2.24, 2.45) is 46.3 Å². The highest BCUT2D eigenvalue weighted by molar-refractivity contribution is 5.84. The molecule has 1 aliphatic heterocycles. The Labute approximate surface area is 457 Å². The molecule has 1 amide bonds. The summed E-state index contributed by atoms with van der Waals surface area (Å²) >= 11 is 0. The molecule has 0 spiro atoms. The molecule has 0 bridgehead atoms. The lowest BCUT2D eigenvalue weighted by Gasteiger charge is -2.58. The minimum absolute atomic E-state index is 0.0237. The molecule has 14 heteroatoms. The number of carbonyl (C=O) groups excluding carboxylic acids is 2. The number of aliphatic carboxylic acids is 1. The second-order valence-corrected chi connectivity index (χ2v) is 24.1. The maximum absolute atomic E-state index is 15.7. The number of carboxylic acids is 1. The maximum Gasteiger partial charge on any atom is 0.517 e. The zero-order valence-corrected chi connectivity index (χ0v) is 46.3. The van der Waals surface area contributed by atoms with E-state index in [2.05, 4.69) is 40.7 Å². The van der Waals surface area contributed by atoms with E-state index in [1.807, 2.05) is 54.6 Å². The molecule has 1 saturated heterocycles. The highest BCUT2D eigenvalue weighted by Crippen LogP contribution is 2.67. The number of allylic oxidation sites excluding steroid dienone is 1. The van der Waals surface area contributed by atoms with E-state index in [0.29, 0.717) is 82.0 Å². The molecule has 5 aliphatic rings. The predicted octanol–water partition coefficient (Wildman–Crippen LogP) is 14.5. The van der Waals surface area contributed by atoms with E-state index in [9.17, 15) is 23.5 Å². The molecule has 4 unspecified atom stereocenters. The lowest BCUT2D eigenvalue weighted by atomic mass is 9.47. The zero-order chi connectivity index (χ0) is 55.7. The fourth-order valence-corrected chi connectivity index (χ4v) is 15.7. The number of carboxylic acid groups (broad SMARTS) is 1. The summed E-state index contributed by atoms with van der Waals surface area (Å²) in [7, 11) is 3.11. The molecule has 78 heavy (non-hydrogen) atoms. The second kappa shape index (κ2) is 23.2. The van der Waals surface area contributed by atoms with Crippen molar-refractivity contribution in [2.75, 3.05) is 27.4 Å². The Morgan fingerprint density at radius 3 is 2.00 bits per heavy atom. The van der Waals surface area contributed by atoms with Crippen LogP contribution in [0.1, 0.15) is 141 Å². The van der Waals surface area contributed by atoms with E-state index >= 15 is 13.6 Å². The van der Waals surface area contributed by atoms with Crippen molar-refractivity contribution in [1.82, 2.24) is 0 Å². The third-order valence-corrected chi connectivity index (χ3v) is 19.7. The Hall–Kier alpha value is -5.73. The van der Waals surface area contributed by atoms with Crippen LogP contribution in [0.15, 0.2) is 96.6 Å². The SMILES string of the molecule is COc1ccc(C(OC[C@@H]2CCC[N@+]2(C(=O)O[C@@H]2CC[C@@]3(C)C(=CCC4C3CC[C@@]3(C)C4CC[C@@H]3[C@H](C)CCCC(C)C)C2)C(CC(=O)O)C(=O)Oc2c(F)c(F)cc(F)c2F)(c2ccccc2)c2ccc(OC)cc2)cc1. The molecule has 4 aromatic carbocycles. The number of likely N-dealkylation sites (tertiary alicyclic amines) is 1. The first-order valence-corrected chi connectivity index (χ1v) is 28.3. The van der Waals surface area contributed by atoms with Crippen LogP contribution in [0.25, 0.3) is 0 Å². The molecular weight excluding hydrogens is 1000 g/mol. The van der Waals surface area contributed by atoms with Crippen molar-refractivity contribution in [3.8, 4) is 17.2 Å². The van der Waals surface area contributed by atoms with Gasteiger partial charge in [-0.15, -0.1) is 0 Å². The van der Waals surface area contributed by atoms with Crippen LogP contribution in [0.3, 0.4) is 0 Å². The molecule has 4 aliphatic carbocycles. The van der Waals surface area contributed by atoms with Crippen LogP contribution in [0, 0.1) is 69.6 Å². The molecular formula is C64H78F4NO9+. The highest BCUT2D eigenvalue weighted by Gasteiger charge is 2.62. The Bertz CT molecular complexity index is 2750. The Kier molecular flexibility index (Phi) is 16.9. The lowest BCUT2D eigenvalue weighted by Crippen LogP contribution is -2.67. The molecule has 10 nitrogen and oxygen atoms in total. The Balaban J connectivity index is 1.06. The maximum atomic E-state index is 15.7. The van der Waals surface area contributed by atoms with Crippen molar-refractivity contribution in [2.45, 2.75) is 148 Å². The first-order chi connectivity index (χ1) is 37.3. The molecule has 4 fully saturated rings. The van der Waals surface area contributed by atoms with Crippen LogP contribution in [0.5, 0.6) is 17.2 Å². The monoisotopic (exact) mass is 1080 g/mol. The number of methoxy groups -OCH3 is 2. The van der Waals surface area contributed by atoms with Crippen LogP contribution in [0.2, 0.25) is 0 Å². The molecule has 1 N–H and O–H groups in total. The van der Waals surface area contributed by atoms with E-state index in [0.717, 1.165) is 19.3 Å². The van der Waals surface area contributed by atoms with Crippen LogP contribution >= 0.6 is 0 Å². The molecule has 1 heterocycles. The third kappa shape index (κ3) is 10.5. The van der Waals surface area contributed by atoms with E-state index in [-0.39, 0.29) is 37.5 Å². The van der Waals surface area contributed by atoms with Gasteiger partial charge in [-0.2, -0.15) is 13.6 Å². The lowest BCUT2D eigenvalue weighted by molar-refractivity contribution is -0.886. The number of hydrogen-bond donors (Lipinski definition) is 1. The number of nitrogens with zero attached hydrogens (tertiary/aromatic N) is 1. The van der Waals surface area contributed by atoms with E-state index in [4.69, 9.17) is 23.7 Å². The molecule has 3 saturated carbocycles. The molecule has 420 valence electrons. The molecule has 4 aromatic rings. The van der Waals surface area contributed by atoms with E-state index in [1.165, 1.54) is 44.1 Å². The van der Waals surface area contributed by atoms with Crippen LogP contribution in [0.4, 0.5) is 22.4 Å². The first-order valence-electron chi connectivity index (χ1n) is 28.3. The summed E-state index contributed by atoms with van der Waals surface area (Å²) in [4.78, 5) is 43.5. The van der Waals surface area contributed by atoms with Gasteiger partial charge in [-0.25, -0.2) is 18.1 Å². The summed E-state index contributed by atoms with van der Waals surface area (Å²) in [5.41, 5.74) is 2.03. The van der Waals surface area contributed by atoms with Crippen molar-refractivity contribution < 1.29 is 65.2 Å². The van der Waals surface area contributed by atoms with Gasteiger partial charge < -0.3 is 28.8 Å². The van der Waals surface area contributed by atoms with Crippen LogP contribution in [-0.2, 0) is 24.7 Å². The van der Waals surface area contributed by atoms with E-state index < -0.39 is 81.7 Å². The van der Waals surface area contributed by atoms with Gasteiger partial charge in [-0.05, 0) is 132 Å². The largest absolute Gasteiger partial charge is 0.517 e. The average Bonchev–Trinajstić information content (AvgIpc) is 4.19. The van der Waals surface area contributed by atoms with Crippen LogP contribution < -0.4 is 14.2 Å². The summed E-state index contributed by atoms with van der Waals surface area (Å²) in [6.45, 7) is 11.6. The summed E-state index contributed by atoms with van der Waals surface area (Å²) in [5.74, 6) is -7.49. The highest BCUT2D eigenvalue weighted by atomic mass is 19.2. The number of halogens is 4. The van der Waals surface area contributed by atoms with Gasteiger partial charge in [0.1, 0.15) is 42.3 Å². The van der Waals surface area contributed by atoms with Gasteiger partial charge >= 0.3 is 18.0 Å². The number of quaternary nitrogens is 1. The quantitative estimate of drug-likeness (QED) is 0.0186. The number of benzene rings is 4. The third-order valence-electron chi connectivity index (χ3n) is 19.7. The van der Waals surface area contributed by atoms with Crippen molar-refractivity contribution in [3.63, 3.8) is 0 Å². The average molecular weight is 1080 g/mol. The number of hydrogen-bond acceptors (Lipinski definition) is 8. The minimum atomic E-state index is -2.02. The Morgan fingerprint density at radius 1 is 0.769 bits per heavy atom. The van der Waals surface area contributed by atoms with Crippen molar-refractivity contribution >= 4 is 18.0 Å². The molecule has 0 aromatic heterocycles. The summed E-state index contributed by atoms with van der Waals surface area (Å²) in [6.07, 6.45) is 11.6. The molecule has 9 rings (SSSR count).